The van der Waals surface area contributed by atoms with Crippen LogP contribution in [-0.2, 0) is 9.53 Å². The van der Waals surface area contributed by atoms with Crippen molar-refractivity contribution in [3.05, 3.63) is 29.8 Å². The van der Waals surface area contributed by atoms with Crippen LogP contribution in [-0.4, -0.2) is 50.2 Å². The van der Waals surface area contributed by atoms with Gasteiger partial charge in [-0.3, -0.25) is 9.59 Å². The van der Waals surface area contributed by atoms with Crippen molar-refractivity contribution < 1.29 is 14.3 Å². The van der Waals surface area contributed by atoms with Crippen molar-refractivity contribution >= 4 is 17.5 Å². The van der Waals surface area contributed by atoms with Gasteiger partial charge in [0.25, 0.3) is 5.91 Å². The number of piperidine rings is 1. The fourth-order valence-electron chi connectivity index (χ4n) is 3.98. The first-order chi connectivity index (χ1) is 13.2. The number of hydrogen-bond donors (Lipinski definition) is 2. The average molecular weight is 371 g/mol. The van der Waals surface area contributed by atoms with Gasteiger partial charge in [0.1, 0.15) is 0 Å². The van der Waals surface area contributed by atoms with Gasteiger partial charge >= 0.3 is 0 Å². The number of nitrogens with one attached hydrogen (secondary N) is 2. The molecule has 27 heavy (non-hydrogen) atoms. The third-order valence-corrected chi connectivity index (χ3v) is 5.79. The summed E-state index contributed by atoms with van der Waals surface area (Å²) in [5.41, 5.74) is 1.70. The lowest BCUT2D eigenvalue weighted by Gasteiger charge is -2.35. The molecule has 3 fully saturated rings. The second-order valence-corrected chi connectivity index (χ2v) is 7.91. The van der Waals surface area contributed by atoms with Gasteiger partial charge in [-0.25, -0.2) is 0 Å². The minimum Gasteiger partial charge on any atom is -0.376 e. The van der Waals surface area contributed by atoms with Crippen molar-refractivity contribution in [2.24, 2.45) is 5.92 Å². The molecule has 0 bridgehead atoms. The van der Waals surface area contributed by atoms with E-state index in [1.54, 1.807) is 0 Å². The van der Waals surface area contributed by atoms with E-state index in [1.807, 2.05) is 24.3 Å². The molecule has 2 amide bonds. The Bertz CT molecular complexity index is 675. The summed E-state index contributed by atoms with van der Waals surface area (Å²) in [5.74, 6) is 0.448. The highest BCUT2D eigenvalue weighted by Gasteiger charge is 2.32. The molecule has 1 saturated carbocycles. The van der Waals surface area contributed by atoms with E-state index < -0.39 is 0 Å². The number of anilines is 1. The van der Waals surface area contributed by atoms with Crippen molar-refractivity contribution in [3.8, 4) is 0 Å². The van der Waals surface area contributed by atoms with Gasteiger partial charge in [-0.05, 0) is 50.7 Å². The molecule has 2 N–H and O–H groups in total. The maximum Gasteiger partial charge on any atom is 0.253 e. The minimum absolute atomic E-state index is 0.0368. The summed E-state index contributed by atoms with van der Waals surface area (Å²) in [7, 11) is 0. The molecule has 6 nitrogen and oxygen atoms in total. The Morgan fingerprint density at radius 1 is 1.07 bits per heavy atom. The van der Waals surface area contributed by atoms with Gasteiger partial charge < -0.3 is 20.3 Å². The van der Waals surface area contributed by atoms with E-state index in [-0.39, 0.29) is 29.9 Å². The zero-order chi connectivity index (χ0) is 18.6. The highest BCUT2D eigenvalue weighted by molar-refractivity contribution is 5.99. The number of carbonyl (C=O) groups is 2. The van der Waals surface area contributed by atoms with Crippen LogP contribution >= 0.6 is 0 Å². The number of rotatable bonds is 6. The van der Waals surface area contributed by atoms with E-state index in [9.17, 15) is 9.59 Å². The van der Waals surface area contributed by atoms with Gasteiger partial charge in [0.05, 0.1) is 11.7 Å². The molecule has 2 aliphatic heterocycles. The molecule has 1 unspecified atom stereocenters. The Balaban J connectivity index is 1.33. The molecule has 0 radical (unpaired) electrons. The first-order valence-corrected chi connectivity index (χ1v) is 10.2. The van der Waals surface area contributed by atoms with E-state index in [1.165, 1.54) is 0 Å². The summed E-state index contributed by atoms with van der Waals surface area (Å²) < 4.78 is 5.59. The quantitative estimate of drug-likeness (QED) is 0.803. The molecule has 2 heterocycles. The molecule has 1 atom stereocenters. The number of ether oxygens (including phenoxy) is 1. The van der Waals surface area contributed by atoms with Gasteiger partial charge in [-0.15, -0.1) is 0 Å². The van der Waals surface area contributed by atoms with Crippen molar-refractivity contribution in [1.82, 2.24) is 10.6 Å². The highest BCUT2D eigenvalue weighted by atomic mass is 16.5. The second kappa shape index (κ2) is 8.30. The molecular weight excluding hydrogens is 342 g/mol. The van der Waals surface area contributed by atoms with Crippen molar-refractivity contribution in [1.29, 1.82) is 0 Å². The molecular formula is C21H29N3O3. The Morgan fingerprint density at radius 2 is 1.85 bits per heavy atom. The van der Waals surface area contributed by atoms with Crippen LogP contribution in [0.2, 0.25) is 0 Å². The molecule has 146 valence electrons. The largest absolute Gasteiger partial charge is 0.376 e. The van der Waals surface area contributed by atoms with Crippen LogP contribution in [0.4, 0.5) is 5.69 Å². The Hall–Kier alpha value is -2.08. The fraction of sp³-hybridized carbons (Fsp3) is 0.619. The molecule has 1 aromatic rings. The molecule has 2 saturated heterocycles. The number of nitrogens with zero attached hydrogens (tertiary/aromatic N) is 1. The zero-order valence-electron chi connectivity index (χ0n) is 15.8. The molecule has 4 rings (SSSR count). The third-order valence-electron chi connectivity index (χ3n) is 5.79. The van der Waals surface area contributed by atoms with Gasteiger partial charge in [-0.2, -0.15) is 0 Å². The number of carbonyl (C=O) groups excluding carboxylic acids is 2. The van der Waals surface area contributed by atoms with Gasteiger partial charge in [0, 0.05) is 43.9 Å². The van der Waals surface area contributed by atoms with Crippen molar-refractivity contribution in [3.63, 3.8) is 0 Å². The number of benzene rings is 1. The third kappa shape index (κ3) is 4.61. The van der Waals surface area contributed by atoms with Crippen molar-refractivity contribution in [2.45, 2.75) is 50.7 Å². The van der Waals surface area contributed by atoms with Gasteiger partial charge in [0.15, 0.2) is 0 Å². The summed E-state index contributed by atoms with van der Waals surface area (Å²) in [6.07, 6.45) is 6.16. The number of para-hydroxylation sites is 1. The molecule has 3 aliphatic rings. The maximum absolute atomic E-state index is 12.7. The lowest BCUT2D eigenvalue weighted by Crippen LogP contribution is -2.45. The molecule has 0 aromatic heterocycles. The van der Waals surface area contributed by atoms with Gasteiger partial charge in [-0.1, -0.05) is 12.1 Å². The minimum atomic E-state index is -0.0368. The Kier molecular flexibility index (Phi) is 5.62. The summed E-state index contributed by atoms with van der Waals surface area (Å²) in [5, 5.41) is 6.21. The maximum atomic E-state index is 12.7. The normalized spacial score (nSPS) is 23.3. The average Bonchev–Trinajstić information content (AvgIpc) is 3.43. The van der Waals surface area contributed by atoms with Gasteiger partial charge in [0.2, 0.25) is 5.91 Å². The Morgan fingerprint density at radius 3 is 2.56 bits per heavy atom. The van der Waals surface area contributed by atoms with Crippen LogP contribution in [0.3, 0.4) is 0 Å². The predicted molar refractivity (Wildman–Crippen MR) is 104 cm³/mol. The lowest BCUT2D eigenvalue weighted by atomic mass is 10.0. The standard InChI is InChI=1S/C21H29N3O3/c25-20(15-7-8-15)23-16-9-11-24(12-10-16)19-6-2-1-5-18(19)21(26)22-14-17-4-3-13-27-17/h1-2,5-6,15-17H,3-4,7-14H2,(H,22,26)(H,23,25). The zero-order valence-corrected chi connectivity index (χ0v) is 15.8. The number of amides is 2. The topological polar surface area (TPSA) is 70.7 Å². The number of hydrogen-bond acceptors (Lipinski definition) is 4. The second-order valence-electron chi connectivity index (χ2n) is 7.91. The van der Waals surface area contributed by atoms with E-state index >= 15 is 0 Å². The van der Waals surface area contributed by atoms with Crippen LogP contribution in [0.15, 0.2) is 24.3 Å². The van der Waals surface area contributed by atoms with E-state index in [0.717, 1.165) is 69.5 Å². The van der Waals surface area contributed by atoms with E-state index in [4.69, 9.17) is 4.74 Å². The van der Waals surface area contributed by atoms with Crippen LogP contribution < -0.4 is 15.5 Å². The smallest absolute Gasteiger partial charge is 0.253 e. The summed E-state index contributed by atoms with van der Waals surface area (Å²) in [6.45, 7) is 3.07. The lowest BCUT2D eigenvalue weighted by molar-refractivity contribution is -0.123. The monoisotopic (exact) mass is 371 g/mol. The fourth-order valence-corrected chi connectivity index (χ4v) is 3.98. The van der Waals surface area contributed by atoms with Crippen molar-refractivity contribution in [2.75, 3.05) is 31.1 Å². The summed E-state index contributed by atoms with van der Waals surface area (Å²) in [4.78, 5) is 26.9. The van der Waals surface area contributed by atoms with E-state index in [2.05, 4.69) is 15.5 Å². The predicted octanol–water partition coefficient (Wildman–Crippen LogP) is 2.09. The van der Waals surface area contributed by atoms with E-state index in [0.29, 0.717) is 6.54 Å². The Labute approximate surface area is 160 Å². The van der Waals surface area contributed by atoms with Crippen LogP contribution in [0, 0.1) is 5.92 Å². The summed E-state index contributed by atoms with van der Waals surface area (Å²) in [6, 6.07) is 8.06. The molecule has 1 aliphatic carbocycles. The molecule has 1 aromatic carbocycles. The van der Waals surface area contributed by atoms with Crippen LogP contribution in [0.1, 0.15) is 48.9 Å². The first-order valence-electron chi connectivity index (χ1n) is 10.2. The van der Waals surface area contributed by atoms with Crippen LogP contribution in [0.25, 0.3) is 0 Å². The molecule has 0 spiro atoms. The summed E-state index contributed by atoms with van der Waals surface area (Å²) >= 11 is 0. The molecule has 6 heteroatoms. The highest BCUT2D eigenvalue weighted by Crippen LogP contribution is 2.30. The SMILES string of the molecule is O=C(NCC1CCCO1)c1ccccc1N1CCC(NC(=O)C2CC2)CC1. The first kappa shape index (κ1) is 18.3. The van der Waals surface area contributed by atoms with Crippen LogP contribution in [0.5, 0.6) is 0 Å².